The van der Waals surface area contributed by atoms with Crippen LogP contribution in [-0.4, -0.2) is 0 Å². The minimum Gasteiger partial charge on any atom is -0.455 e. The van der Waals surface area contributed by atoms with E-state index < -0.39 is 0 Å². The number of para-hydroxylation sites is 1. The molecule has 0 saturated carbocycles. The molecule has 0 fully saturated rings. The van der Waals surface area contributed by atoms with Crippen LogP contribution in [0.1, 0.15) is 0 Å². The molecule has 12 rings (SSSR count). The van der Waals surface area contributed by atoms with E-state index in [1.54, 1.807) is 0 Å². The fourth-order valence-corrected chi connectivity index (χ4v) is 9.50. The first-order valence-corrected chi connectivity index (χ1v) is 22.8. The highest BCUT2D eigenvalue weighted by Gasteiger charge is 2.20. The van der Waals surface area contributed by atoms with Crippen LogP contribution in [0.2, 0.25) is 0 Å². The topological polar surface area (TPSA) is 28.4 Å². The van der Waals surface area contributed by atoms with Gasteiger partial charge in [0.1, 0.15) is 11.2 Å². The van der Waals surface area contributed by atoms with Gasteiger partial charge in [-0.1, -0.05) is 188 Å². The average molecular weight is 857 g/mol. The summed E-state index contributed by atoms with van der Waals surface area (Å²) < 4.78 is 6.47. The molecule has 0 aliphatic rings. The second kappa shape index (κ2) is 17.2. The molecule has 0 amide bonds. The number of benzene rings is 11. The minimum absolute atomic E-state index is 0.894. The Labute approximate surface area is 390 Å². The van der Waals surface area contributed by atoms with E-state index in [0.29, 0.717) is 0 Å². The molecule has 0 atom stereocenters. The maximum absolute atomic E-state index is 6.47. The van der Waals surface area contributed by atoms with Gasteiger partial charge in [-0.05, 0) is 123 Å². The highest BCUT2D eigenvalue weighted by Crippen LogP contribution is 2.44. The molecule has 1 N–H and O–H groups in total. The Morgan fingerprint density at radius 3 is 1.57 bits per heavy atom. The van der Waals surface area contributed by atoms with E-state index in [4.69, 9.17) is 4.42 Å². The van der Waals surface area contributed by atoms with Gasteiger partial charge in [0.25, 0.3) is 0 Å². The predicted molar refractivity (Wildman–Crippen MR) is 283 cm³/mol. The van der Waals surface area contributed by atoms with Crippen molar-refractivity contribution in [1.29, 1.82) is 0 Å². The quantitative estimate of drug-likeness (QED) is 0.149. The number of nitrogens with one attached hydrogen (secondary N) is 1. The van der Waals surface area contributed by atoms with Crippen LogP contribution in [-0.2, 0) is 0 Å². The number of anilines is 5. The molecule has 67 heavy (non-hydrogen) atoms. The number of nitrogens with zero attached hydrogens (tertiary/aromatic N) is 1. The average Bonchev–Trinajstić information content (AvgIpc) is 3.79. The molecule has 0 aliphatic carbocycles. The summed E-state index contributed by atoms with van der Waals surface area (Å²) in [5, 5.41) is 8.28. The number of hydrogen-bond donors (Lipinski definition) is 1. The van der Waals surface area contributed by atoms with Gasteiger partial charge in [0.05, 0.1) is 5.69 Å². The van der Waals surface area contributed by atoms with E-state index in [1.807, 2.05) is 0 Å². The molecule has 1 heterocycles. The van der Waals surface area contributed by atoms with E-state index in [1.165, 1.54) is 27.6 Å². The first kappa shape index (κ1) is 39.7. The third-order valence-corrected chi connectivity index (χ3v) is 12.9. The molecule has 0 spiro atoms. The smallest absolute Gasteiger partial charge is 0.143 e. The molecule has 3 nitrogen and oxygen atoms in total. The van der Waals surface area contributed by atoms with Gasteiger partial charge in [-0.15, -0.1) is 0 Å². The van der Waals surface area contributed by atoms with Gasteiger partial charge in [-0.3, -0.25) is 0 Å². The fourth-order valence-electron chi connectivity index (χ4n) is 9.50. The van der Waals surface area contributed by atoms with Crippen LogP contribution < -0.4 is 10.2 Å². The lowest BCUT2D eigenvalue weighted by Crippen LogP contribution is -2.11. The number of hydrogen-bond acceptors (Lipinski definition) is 3. The van der Waals surface area contributed by atoms with Crippen molar-refractivity contribution >= 4 is 61.1 Å². The molecular formula is C64H44N2O. The highest BCUT2D eigenvalue weighted by atomic mass is 16.3. The normalized spacial score (nSPS) is 11.3. The van der Waals surface area contributed by atoms with Crippen LogP contribution in [0.5, 0.6) is 0 Å². The molecule has 1 aromatic heterocycles. The molecule has 11 aromatic carbocycles. The summed E-state index contributed by atoms with van der Waals surface area (Å²) in [4.78, 5) is 2.39. The number of furan rings is 1. The van der Waals surface area contributed by atoms with Crippen molar-refractivity contribution in [2.24, 2.45) is 0 Å². The first-order valence-electron chi connectivity index (χ1n) is 22.8. The van der Waals surface area contributed by atoms with Gasteiger partial charge >= 0.3 is 0 Å². The van der Waals surface area contributed by atoms with Crippen molar-refractivity contribution in [3.63, 3.8) is 0 Å². The van der Waals surface area contributed by atoms with Gasteiger partial charge in [-0.25, -0.2) is 0 Å². The Kier molecular flexibility index (Phi) is 10.2. The summed E-state index contributed by atoms with van der Waals surface area (Å²) in [7, 11) is 0. The predicted octanol–water partition coefficient (Wildman–Crippen LogP) is 18.3. The molecule has 0 bridgehead atoms. The SMILES string of the molecule is c1ccc(-c2ccc(N(c3ccc(-c4cccc(Nc5ccccc5-c5ccccc5)c4)cc3)c3ccc(-c4ccc5oc6c7ccccc7ccc6c5c4)cc3)c(-c3ccccc3)c2)cc1. The lowest BCUT2D eigenvalue weighted by atomic mass is 9.96. The minimum atomic E-state index is 0.894. The van der Waals surface area contributed by atoms with Crippen LogP contribution in [0.4, 0.5) is 28.4 Å². The van der Waals surface area contributed by atoms with Crippen molar-refractivity contribution < 1.29 is 4.42 Å². The molecule has 3 heteroatoms. The second-order valence-corrected chi connectivity index (χ2v) is 17.0. The Morgan fingerprint density at radius 1 is 0.313 bits per heavy atom. The maximum Gasteiger partial charge on any atom is 0.143 e. The largest absolute Gasteiger partial charge is 0.455 e. The maximum atomic E-state index is 6.47. The zero-order valence-electron chi connectivity index (χ0n) is 36.7. The summed E-state index contributed by atoms with van der Waals surface area (Å²) in [6, 6.07) is 93.2. The Morgan fingerprint density at radius 2 is 0.851 bits per heavy atom. The van der Waals surface area contributed by atoms with Crippen molar-refractivity contribution in [2.45, 2.75) is 0 Å². The zero-order valence-corrected chi connectivity index (χ0v) is 36.7. The summed E-state index contributed by atoms with van der Waals surface area (Å²) in [5.41, 5.74) is 18.7. The van der Waals surface area contributed by atoms with Gasteiger partial charge < -0.3 is 14.6 Å². The highest BCUT2D eigenvalue weighted by molar-refractivity contribution is 6.15. The molecule has 0 radical (unpaired) electrons. The number of fused-ring (bicyclic) bond motifs is 5. The second-order valence-electron chi connectivity index (χ2n) is 17.0. The van der Waals surface area contributed by atoms with Crippen LogP contribution >= 0.6 is 0 Å². The van der Waals surface area contributed by atoms with Crippen LogP contribution in [0.15, 0.2) is 265 Å². The van der Waals surface area contributed by atoms with Crippen LogP contribution in [0.3, 0.4) is 0 Å². The van der Waals surface area contributed by atoms with E-state index in [0.717, 1.165) is 89.1 Å². The molecule has 0 unspecified atom stereocenters. The van der Waals surface area contributed by atoms with Crippen molar-refractivity contribution in [3.8, 4) is 55.6 Å². The van der Waals surface area contributed by atoms with Gasteiger partial charge in [0, 0.05) is 50.0 Å². The van der Waals surface area contributed by atoms with Gasteiger partial charge in [0.15, 0.2) is 0 Å². The molecule has 316 valence electrons. The van der Waals surface area contributed by atoms with Crippen LogP contribution in [0.25, 0.3) is 88.3 Å². The Balaban J connectivity index is 0.930. The molecular weight excluding hydrogens is 813 g/mol. The van der Waals surface area contributed by atoms with Crippen molar-refractivity contribution in [1.82, 2.24) is 0 Å². The van der Waals surface area contributed by atoms with Crippen molar-refractivity contribution in [2.75, 3.05) is 10.2 Å². The van der Waals surface area contributed by atoms with Gasteiger partial charge in [-0.2, -0.15) is 0 Å². The Bertz CT molecular complexity index is 3690. The van der Waals surface area contributed by atoms with E-state index in [-0.39, 0.29) is 0 Å². The van der Waals surface area contributed by atoms with Crippen LogP contribution in [0, 0.1) is 0 Å². The standard InChI is InChI=1S/C64H44N2O/c1-4-15-44(16-5-1)51-32-39-62(59(42-51)48-19-8-3-9-20-48)66(55-36-29-46(30-37-55)52-33-40-63-60(43-52)58-38-31-49-21-10-11-25-57(49)64(58)67-63)54-34-27-45(28-35-54)50-22-14-23-53(41-50)65-61-26-13-12-24-56(61)47-17-6-2-7-18-47/h1-43,65H. The lowest BCUT2D eigenvalue weighted by molar-refractivity contribution is 0.672. The lowest BCUT2D eigenvalue weighted by Gasteiger charge is -2.29. The molecule has 12 aromatic rings. The van der Waals surface area contributed by atoms with E-state index >= 15 is 0 Å². The molecule has 0 aliphatic heterocycles. The number of rotatable bonds is 10. The summed E-state index contributed by atoms with van der Waals surface area (Å²) in [6.07, 6.45) is 0. The third-order valence-electron chi connectivity index (χ3n) is 12.9. The summed E-state index contributed by atoms with van der Waals surface area (Å²) in [6.45, 7) is 0. The van der Waals surface area contributed by atoms with Crippen molar-refractivity contribution in [3.05, 3.63) is 261 Å². The monoisotopic (exact) mass is 856 g/mol. The summed E-state index contributed by atoms with van der Waals surface area (Å²) in [5.74, 6) is 0. The molecule has 0 saturated heterocycles. The first-order chi connectivity index (χ1) is 33.2. The fraction of sp³-hybridized carbons (Fsp3) is 0. The van der Waals surface area contributed by atoms with E-state index in [9.17, 15) is 0 Å². The summed E-state index contributed by atoms with van der Waals surface area (Å²) >= 11 is 0. The van der Waals surface area contributed by atoms with E-state index in [2.05, 4.69) is 271 Å². The zero-order chi connectivity index (χ0) is 44.5. The third kappa shape index (κ3) is 7.69. The van der Waals surface area contributed by atoms with Gasteiger partial charge in [0.2, 0.25) is 0 Å². The Hall–Kier alpha value is -8.92.